The molecular formula is C16H19F3N4O4. The van der Waals surface area contributed by atoms with E-state index in [9.17, 15) is 27.6 Å². The molecule has 1 aliphatic rings. The zero-order valence-electron chi connectivity index (χ0n) is 14.6. The van der Waals surface area contributed by atoms with Crippen LogP contribution in [0.2, 0.25) is 0 Å². The van der Waals surface area contributed by atoms with Crippen molar-refractivity contribution in [1.82, 2.24) is 16.0 Å². The molecule has 1 saturated heterocycles. The molecule has 0 aromatic heterocycles. The Balaban J connectivity index is 2.21. The third-order valence-electron chi connectivity index (χ3n) is 3.82. The molecule has 148 valence electrons. The minimum Gasteiger partial charge on any atom is -0.355 e. The van der Waals surface area contributed by atoms with E-state index < -0.39 is 42.7 Å². The van der Waals surface area contributed by atoms with Crippen molar-refractivity contribution >= 4 is 23.4 Å². The van der Waals surface area contributed by atoms with Crippen LogP contribution in [0.1, 0.15) is 20.7 Å². The number of hydrogen-bond acceptors (Lipinski definition) is 5. The molecule has 27 heavy (non-hydrogen) atoms. The van der Waals surface area contributed by atoms with Crippen LogP contribution in [0.3, 0.4) is 0 Å². The predicted molar refractivity (Wildman–Crippen MR) is 89.4 cm³/mol. The number of ether oxygens (including phenoxy) is 1. The maximum absolute atomic E-state index is 12.8. The van der Waals surface area contributed by atoms with Crippen LogP contribution < -0.4 is 21.3 Å². The summed E-state index contributed by atoms with van der Waals surface area (Å²) in [6.45, 7) is -0.546. The molecule has 0 radical (unpaired) electrons. The minimum absolute atomic E-state index is 0.0810. The summed E-state index contributed by atoms with van der Waals surface area (Å²) in [6, 6.07) is 3.94. The van der Waals surface area contributed by atoms with E-state index in [-0.39, 0.29) is 23.4 Å². The molecule has 2 unspecified atom stereocenters. The van der Waals surface area contributed by atoms with Gasteiger partial charge in [0.15, 0.2) is 6.10 Å². The van der Waals surface area contributed by atoms with Crippen molar-refractivity contribution in [1.29, 1.82) is 0 Å². The molecule has 1 aromatic rings. The smallest absolute Gasteiger partial charge is 0.355 e. The second-order valence-electron chi connectivity index (χ2n) is 5.76. The Kier molecular flexibility index (Phi) is 6.39. The monoisotopic (exact) mass is 388 g/mol. The van der Waals surface area contributed by atoms with Gasteiger partial charge in [0.1, 0.15) is 6.10 Å². The highest BCUT2D eigenvalue weighted by atomic mass is 19.4. The van der Waals surface area contributed by atoms with Gasteiger partial charge in [-0.2, -0.15) is 13.2 Å². The molecule has 1 heterocycles. The summed E-state index contributed by atoms with van der Waals surface area (Å²) < 4.78 is 43.2. The summed E-state index contributed by atoms with van der Waals surface area (Å²) in [6.07, 6.45) is -8.07. The van der Waals surface area contributed by atoms with Crippen molar-refractivity contribution in [3.8, 4) is 0 Å². The Hall–Kier alpha value is -2.66. The molecule has 11 heteroatoms. The molecule has 2 rings (SSSR count). The Labute approximate surface area is 152 Å². The predicted octanol–water partition coefficient (Wildman–Crippen LogP) is 0.264. The molecule has 0 saturated carbocycles. The lowest BCUT2D eigenvalue weighted by atomic mass is 10.1. The summed E-state index contributed by atoms with van der Waals surface area (Å²) >= 11 is 0. The third-order valence-corrected chi connectivity index (χ3v) is 3.82. The summed E-state index contributed by atoms with van der Waals surface area (Å²) in [4.78, 5) is 36.0. The average Bonchev–Trinajstić information content (AvgIpc) is 2.65. The maximum atomic E-state index is 12.8. The van der Waals surface area contributed by atoms with Crippen LogP contribution in [0.15, 0.2) is 18.2 Å². The first-order chi connectivity index (χ1) is 12.7. The highest BCUT2D eigenvalue weighted by Gasteiger charge is 2.45. The van der Waals surface area contributed by atoms with Gasteiger partial charge in [-0.15, -0.1) is 0 Å². The molecule has 3 amide bonds. The number of rotatable bonds is 4. The number of amides is 3. The van der Waals surface area contributed by atoms with E-state index in [4.69, 9.17) is 4.74 Å². The number of nitrogens with one attached hydrogen (secondary N) is 4. The van der Waals surface area contributed by atoms with Crippen LogP contribution in [-0.4, -0.2) is 63.3 Å². The van der Waals surface area contributed by atoms with Gasteiger partial charge in [-0.1, -0.05) is 0 Å². The molecule has 4 N–H and O–H groups in total. The van der Waals surface area contributed by atoms with E-state index in [1.807, 2.05) is 0 Å². The first kappa shape index (κ1) is 20.6. The van der Waals surface area contributed by atoms with Crippen molar-refractivity contribution in [2.24, 2.45) is 0 Å². The first-order valence-electron chi connectivity index (χ1n) is 7.98. The Morgan fingerprint density at radius 3 is 2.07 bits per heavy atom. The number of hydrogen-bond donors (Lipinski definition) is 4. The van der Waals surface area contributed by atoms with Gasteiger partial charge in [0, 0.05) is 44.0 Å². The average molecular weight is 388 g/mol. The Morgan fingerprint density at radius 1 is 1.04 bits per heavy atom. The van der Waals surface area contributed by atoms with E-state index in [0.29, 0.717) is 0 Å². The van der Waals surface area contributed by atoms with Gasteiger partial charge in [-0.3, -0.25) is 14.4 Å². The number of benzene rings is 1. The van der Waals surface area contributed by atoms with Crippen molar-refractivity contribution < 1.29 is 32.3 Å². The van der Waals surface area contributed by atoms with Crippen LogP contribution >= 0.6 is 0 Å². The number of alkyl halides is 3. The number of halogens is 3. The van der Waals surface area contributed by atoms with E-state index in [1.54, 1.807) is 0 Å². The topological polar surface area (TPSA) is 109 Å². The molecule has 0 aliphatic carbocycles. The number of carbonyl (C=O) groups excluding carboxylic acids is 3. The van der Waals surface area contributed by atoms with Crippen LogP contribution in [0.4, 0.5) is 18.9 Å². The lowest BCUT2D eigenvalue weighted by Gasteiger charge is -2.31. The van der Waals surface area contributed by atoms with Gasteiger partial charge < -0.3 is 26.0 Å². The summed E-state index contributed by atoms with van der Waals surface area (Å²) in [5.41, 5.74) is 0.284. The summed E-state index contributed by atoms with van der Waals surface area (Å²) in [5.74, 6) is -1.82. The van der Waals surface area contributed by atoms with Gasteiger partial charge >= 0.3 is 6.18 Å². The van der Waals surface area contributed by atoms with E-state index in [2.05, 4.69) is 21.3 Å². The second-order valence-corrected chi connectivity index (χ2v) is 5.76. The first-order valence-corrected chi connectivity index (χ1v) is 7.98. The Morgan fingerprint density at radius 2 is 1.59 bits per heavy atom. The van der Waals surface area contributed by atoms with Crippen LogP contribution in [-0.2, 0) is 9.53 Å². The van der Waals surface area contributed by atoms with E-state index in [0.717, 1.165) is 0 Å². The standard InChI is InChI=1S/C16H19F3N4O4/c1-20-13(24)8-3-9(14(25)21-2)5-10(4-8)23-15(26)11-6-22-7-12(27-11)16(17,18)19/h3-5,11-12,22H,6-7H2,1-2H3,(H,20,24)(H,21,25)(H,23,26). The van der Waals surface area contributed by atoms with Gasteiger partial charge in [0.25, 0.3) is 17.7 Å². The zero-order valence-corrected chi connectivity index (χ0v) is 14.6. The number of morpholine rings is 1. The SMILES string of the molecule is CNC(=O)c1cc(NC(=O)C2CNCC(C(F)(F)F)O2)cc(C(=O)NC)c1. The molecule has 8 nitrogen and oxygen atoms in total. The van der Waals surface area contributed by atoms with Crippen molar-refractivity contribution in [3.63, 3.8) is 0 Å². The third kappa shape index (κ3) is 5.17. The van der Waals surface area contributed by atoms with Crippen LogP contribution in [0.25, 0.3) is 0 Å². The lowest BCUT2D eigenvalue weighted by Crippen LogP contribution is -2.54. The molecule has 0 spiro atoms. The fraction of sp³-hybridized carbons (Fsp3) is 0.438. The largest absolute Gasteiger partial charge is 0.415 e. The molecular weight excluding hydrogens is 369 g/mol. The van der Waals surface area contributed by atoms with Gasteiger partial charge in [-0.05, 0) is 18.2 Å². The summed E-state index contributed by atoms with van der Waals surface area (Å²) in [5, 5.41) is 9.67. The fourth-order valence-corrected chi connectivity index (χ4v) is 2.46. The molecule has 0 bridgehead atoms. The number of anilines is 1. The van der Waals surface area contributed by atoms with Crippen LogP contribution in [0.5, 0.6) is 0 Å². The molecule has 1 aliphatic heterocycles. The molecule has 1 aromatic carbocycles. The maximum Gasteiger partial charge on any atom is 0.415 e. The summed E-state index contributed by atoms with van der Waals surface area (Å²) in [7, 11) is 2.79. The Bertz CT molecular complexity index is 705. The second kappa shape index (κ2) is 8.35. The normalized spacial score (nSPS) is 19.9. The van der Waals surface area contributed by atoms with Gasteiger partial charge in [-0.25, -0.2) is 0 Å². The molecule has 2 atom stereocenters. The highest BCUT2D eigenvalue weighted by molar-refractivity contribution is 6.03. The van der Waals surface area contributed by atoms with E-state index >= 15 is 0 Å². The van der Waals surface area contributed by atoms with Gasteiger partial charge in [0.05, 0.1) is 0 Å². The van der Waals surface area contributed by atoms with Crippen molar-refractivity contribution in [3.05, 3.63) is 29.3 Å². The zero-order chi connectivity index (χ0) is 20.2. The van der Waals surface area contributed by atoms with E-state index in [1.165, 1.54) is 32.3 Å². The van der Waals surface area contributed by atoms with Gasteiger partial charge in [0.2, 0.25) is 0 Å². The quantitative estimate of drug-likeness (QED) is 0.592. The highest BCUT2D eigenvalue weighted by Crippen LogP contribution is 2.25. The van der Waals surface area contributed by atoms with Crippen molar-refractivity contribution in [2.75, 3.05) is 32.5 Å². The fourth-order valence-electron chi connectivity index (χ4n) is 2.46. The number of carbonyl (C=O) groups is 3. The van der Waals surface area contributed by atoms with Crippen molar-refractivity contribution in [2.45, 2.75) is 18.4 Å². The van der Waals surface area contributed by atoms with Crippen LogP contribution in [0, 0.1) is 0 Å². The minimum atomic E-state index is -4.60. The molecule has 1 fully saturated rings. The lowest BCUT2D eigenvalue weighted by molar-refractivity contribution is -0.236.